The van der Waals surface area contributed by atoms with E-state index in [1.807, 2.05) is 0 Å². The van der Waals surface area contributed by atoms with Crippen LogP contribution in [0.4, 0.5) is 0 Å². The smallest absolute Gasteiger partial charge is 0.0813 e. The molecule has 2 aliphatic rings. The summed E-state index contributed by atoms with van der Waals surface area (Å²) in [5, 5.41) is 7.21. The lowest BCUT2D eigenvalue weighted by atomic mass is 9.83. The molecule has 3 aromatic carbocycles. The summed E-state index contributed by atoms with van der Waals surface area (Å²) in [6.07, 6.45) is 2.32. The van der Waals surface area contributed by atoms with Crippen LogP contribution in [0.15, 0.2) is 102 Å². The molecule has 0 aromatic heterocycles. The van der Waals surface area contributed by atoms with Crippen molar-refractivity contribution in [1.82, 2.24) is 9.91 Å². The van der Waals surface area contributed by atoms with Crippen LogP contribution in [0.2, 0.25) is 0 Å². The van der Waals surface area contributed by atoms with Crippen LogP contribution in [0.3, 0.4) is 0 Å². The number of nitrogens with zero attached hydrogens (tertiary/aromatic N) is 3. The van der Waals surface area contributed by atoms with Crippen LogP contribution in [-0.2, 0) is 6.54 Å². The average molecular weight is 394 g/mol. The van der Waals surface area contributed by atoms with E-state index in [0.29, 0.717) is 5.92 Å². The Kier molecular flexibility index (Phi) is 5.20. The van der Waals surface area contributed by atoms with Crippen molar-refractivity contribution in [3.8, 4) is 0 Å². The van der Waals surface area contributed by atoms with Crippen LogP contribution in [0.5, 0.6) is 0 Å². The first-order valence-corrected chi connectivity index (χ1v) is 10.7. The van der Waals surface area contributed by atoms with Gasteiger partial charge in [-0.1, -0.05) is 91.0 Å². The molecule has 2 aliphatic heterocycles. The maximum absolute atomic E-state index is 5.04. The van der Waals surface area contributed by atoms with Gasteiger partial charge in [0.25, 0.3) is 0 Å². The van der Waals surface area contributed by atoms with Crippen LogP contribution in [0.1, 0.15) is 22.7 Å². The Morgan fingerprint density at radius 1 is 0.867 bits per heavy atom. The zero-order chi connectivity index (χ0) is 20.3. The fourth-order valence-corrected chi connectivity index (χ4v) is 4.80. The largest absolute Gasteiger partial charge is 0.294 e. The molecule has 0 amide bonds. The van der Waals surface area contributed by atoms with Gasteiger partial charge in [0.1, 0.15) is 0 Å². The Hall–Kier alpha value is -3.17. The normalized spacial score (nSPS) is 22.8. The van der Waals surface area contributed by atoms with Gasteiger partial charge in [-0.05, 0) is 28.3 Å². The predicted molar refractivity (Wildman–Crippen MR) is 124 cm³/mol. The van der Waals surface area contributed by atoms with E-state index >= 15 is 0 Å². The maximum Gasteiger partial charge on any atom is 0.0813 e. The first kappa shape index (κ1) is 18.8. The zero-order valence-electron chi connectivity index (χ0n) is 17.4. The van der Waals surface area contributed by atoms with E-state index in [1.54, 1.807) is 0 Å². The van der Waals surface area contributed by atoms with E-state index in [9.17, 15) is 0 Å². The van der Waals surface area contributed by atoms with Gasteiger partial charge < -0.3 is 0 Å². The van der Waals surface area contributed by atoms with E-state index in [2.05, 4.69) is 114 Å². The molecule has 0 unspecified atom stereocenters. The Morgan fingerprint density at radius 3 is 2.20 bits per heavy atom. The topological polar surface area (TPSA) is 18.8 Å². The summed E-state index contributed by atoms with van der Waals surface area (Å²) >= 11 is 0. The molecule has 2 atom stereocenters. The fraction of sp³-hybridized carbons (Fsp3) is 0.222. The number of hydrogen-bond donors (Lipinski definition) is 0. The lowest BCUT2D eigenvalue weighted by Crippen LogP contribution is -2.43. The summed E-state index contributed by atoms with van der Waals surface area (Å²) in [6, 6.07) is 32.5. The Labute approximate surface area is 179 Å². The van der Waals surface area contributed by atoms with Gasteiger partial charge in [-0.3, -0.25) is 9.91 Å². The third kappa shape index (κ3) is 3.81. The van der Waals surface area contributed by atoms with E-state index in [0.717, 1.165) is 19.6 Å². The highest BCUT2D eigenvalue weighted by molar-refractivity contribution is 6.07. The molecule has 1 saturated heterocycles. The number of rotatable bonds is 4. The van der Waals surface area contributed by atoms with E-state index in [4.69, 9.17) is 5.10 Å². The van der Waals surface area contributed by atoms with E-state index < -0.39 is 0 Å². The van der Waals surface area contributed by atoms with Crippen LogP contribution in [0.25, 0.3) is 6.08 Å². The standard InChI is InChI=1S/C27H27N3/c1-29-27(23-15-9-4-10-16-23)25-20-30(18-22-13-7-3-8-14-22)19-24(26(25)28-29)17-21-11-5-2-6-12-21/h2-17,25,27H,18-20H2,1H3/b24-17+/t25-,27+/m0/s1. The van der Waals surface area contributed by atoms with Crippen LogP contribution < -0.4 is 0 Å². The number of piperidine rings is 1. The van der Waals surface area contributed by atoms with Crippen molar-refractivity contribution >= 4 is 11.8 Å². The van der Waals surface area contributed by atoms with Crippen LogP contribution in [-0.4, -0.2) is 35.8 Å². The monoisotopic (exact) mass is 393 g/mol. The maximum atomic E-state index is 5.04. The molecule has 2 heterocycles. The lowest BCUT2D eigenvalue weighted by Gasteiger charge is -2.36. The third-order valence-corrected chi connectivity index (χ3v) is 6.11. The Bertz CT molecular complexity index is 1040. The quantitative estimate of drug-likeness (QED) is 0.603. The van der Waals surface area contributed by atoms with Gasteiger partial charge >= 0.3 is 0 Å². The molecule has 3 aromatic rings. The van der Waals surface area contributed by atoms with E-state index in [1.165, 1.54) is 28.0 Å². The highest BCUT2D eigenvalue weighted by atomic mass is 15.5. The number of hydrazone groups is 1. The van der Waals surface area contributed by atoms with Gasteiger partial charge in [0.05, 0.1) is 11.8 Å². The Morgan fingerprint density at radius 2 is 1.50 bits per heavy atom. The molecule has 150 valence electrons. The van der Waals surface area contributed by atoms with Crippen molar-refractivity contribution in [3.63, 3.8) is 0 Å². The summed E-state index contributed by atoms with van der Waals surface area (Å²) in [6.45, 7) is 2.90. The number of fused-ring (bicyclic) bond motifs is 1. The second-order valence-electron chi connectivity index (χ2n) is 8.26. The zero-order valence-corrected chi connectivity index (χ0v) is 17.4. The first-order chi connectivity index (χ1) is 14.8. The summed E-state index contributed by atoms with van der Waals surface area (Å²) < 4.78 is 0. The molecular formula is C27H27N3. The van der Waals surface area contributed by atoms with Gasteiger partial charge in [-0.15, -0.1) is 0 Å². The Balaban J connectivity index is 1.51. The minimum Gasteiger partial charge on any atom is -0.294 e. The summed E-state index contributed by atoms with van der Waals surface area (Å²) in [7, 11) is 2.12. The minimum atomic E-state index is 0.277. The third-order valence-electron chi connectivity index (χ3n) is 6.11. The molecule has 0 N–H and O–H groups in total. The van der Waals surface area contributed by atoms with Crippen molar-refractivity contribution in [2.75, 3.05) is 20.1 Å². The molecule has 30 heavy (non-hydrogen) atoms. The molecule has 3 heteroatoms. The SMILES string of the molecule is CN1N=C2/C(=C/c3ccccc3)CN(Cc3ccccc3)C[C@@H]2[C@H]1c1ccccc1. The van der Waals surface area contributed by atoms with Crippen molar-refractivity contribution in [2.24, 2.45) is 11.0 Å². The molecule has 1 fully saturated rings. The number of hydrogen-bond acceptors (Lipinski definition) is 3. The molecule has 0 saturated carbocycles. The van der Waals surface area contributed by atoms with Crippen molar-refractivity contribution < 1.29 is 0 Å². The average Bonchev–Trinajstić information content (AvgIpc) is 3.12. The fourth-order valence-electron chi connectivity index (χ4n) is 4.80. The molecule has 0 spiro atoms. The van der Waals surface area contributed by atoms with Gasteiger partial charge in [0.2, 0.25) is 0 Å². The van der Waals surface area contributed by atoms with Crippen LogP contribution in [0, 0.1) is 5.92 Å². The van der Waals surface area contributed by atoms with Crippen LogP contribution >= 0.6 is 0 Å². The second kappa shape index (κ2) is 8.29. The lowest BCUT2D eigenvalue weighted by molar-refractivity contribution is 0.190. The molecule has 0 radical (unpaired) electrons. The van der Waals surface area contributed by atoms with Gasteiger partial charge in [0.15, 0.2) is 0 Å². The summed E-state index contributed by atoms with van der Waals surface area (Å²) in [5.74, 6) is 0.366. The number of benzene rings is 3. The predicted octanol–water partition coefficient (Wildman–Crippen LogP) is 5.24. The summed E-state index contributed by atoms with van der Waals surface area (Å²) in [4.78, 5) is 2.57. The molecular weight excluding hydrogens is 366 g/mol. The van der Waals surface area contributed by atoms with Gasteiger partial charge in [0, 0.05) is 32.6 Å². The molecule has 5 rings (SSSR count). The molecule has 3 nitrogen and oxygen atoms in total. The van der Waals surface area contributed by atoms with Gasteiger partial charge in [-0.2, -0.15) is 5.10 Å². The van der Waals surface area contributed by atoms with Crippen molar-refractivity contribution in [1.29, 1.82) is 0 Å². The van der Waals surface area contributed by atoms with Crippen molar-refractivity contribution in [2.45, 2.75) is 12.6 Å². The number of likely N-dealkylation sites (tertiary alicyclic amines) is 1. The highest BCUT2D eigenvalue weighted by Crippen LogP contribution is 2.40. The molecule has 0 bridgehead atoms. The van der Waals surface area contributed by atoms with Crippen molar-refractivity contribution in [3.05, 3.63) is 113 Å². The second-order valence-corrected chi connectivity index (χ2v) is 8.26. The molecule has 0 aliphatic carbocycles. The first-order valence-electron chi connectivity index (χ1n) is 10.7. The minimum absolute atomic E-state index is 0.277. The highest BCUT2D eigenvalue weighted by Gasteiger charge is 2.42. The van der Waals surface area contributed by atoms with Gasteiger partial charge in [-0.25, -0.2) is 0 Å². The van der Waals surface area contributed by atoms with E-state index in [-0.39, 0.29) is 6.04 Å². The summed E-state index contributed by atoms with van der Waals surface area (Å²) in [5.41, 5.74) is 6.52.